The maximum absolute atomic E-state index is 10.5. The standard InChI is InChI=1S/C8H7ClO3/c9-7-2-1-6(12-7)4-3-5(4)8(10)11/h1-2,4-5H,3H2,(H,10,11). The third kappa shape index (κ3) is 1.20. The summed E-state index contributed by atoms with van der Waals surface area (Å²) < 4.78 is 5.09. The first-order valence-corrected chi connectivity index (χ1v) is 4.04. The van der Waals surface area contributed by atoms with Gasteiger partial charge >= 0.3 is 5.97 Å². The van der Waals surface area contributed by atoms with Crippen LogP contribution in [0.15, 0.2) is 16.5 Å². The fourth-order valence-corrected chi connectivity index (χ4v) is 1.46. The minimum atomic E-state index is -0.757. The van der Waals surface area contributed by atoms with Gasteiger partial charge in [0.05, 0.1) is 5.92 Å². The van der Waals surface area contributed by atoms with Crippen LogP contribution in [0.4, 0.5) is 0 Å². The Kier molecular flexibility index (Phi) is 1.61. The van der Waals surface area contributed by atoms with Gasteiger partial charge < -0.3 is 9.52 Å². The van der Waals surface area contributed by atoms with Gasteiger partial charge in [0.15, 0.2) is 5.22 Å². The number of aliphatic carboxylic acids is 1. The Balaban J connectivity index is 2.10. The van der Waals surface area contributed by atoms with Crippen molar-refractivity contribution >= 4 is 17.6 Å². The number of halogens is 1. The molecular formula is C8H7ClO3. The summed E-state index contributed by atoms with van der Waals surface area (Å²) in [7, 11) is 0. The number of carboxylic acid groups (broad SMARTS) is 1. The first kappa shape index (κ1) is 7.68. The maximum atomic E-state index is 10.5. The van der Waals surface area contributed by atoms with E-state index in [-0.39, 0.29) is 11.8 Å². The average molecular weight is 187 g/mol. The van der Waals surface area contributed by atoms with E-state index in [0.29, 0.717) is 17.4 Å². The molecule has 0 saturated heterocycles. The van der Waals surface area contributed by atoms with Crippen molar-refractivity contribution < 1.29 is 14.3 Å². The molecule has 1 fully saturated rings. The van der Waals surface area contributed by atoms with Crippen LogP contribution in [0.1, 0.15) is 18.1 Å². The third-order valence-electron chi connectivity index (χ3n) is 2.07. The van der Waals surface area contributed by atoms with Crippen LogP contribution in [-0.2, 0) is 4.79 Å². The topological polar surface area (TPSA) is 50.4 Å². The molecule has 0 aliphatic heterocycles. The molecule has 2 rings (SSSR count). The summed E-state index contributed by atoms with van der Waals surface area (Å²) in [6, 6.07) is 3.37. The molecule has 4 heteroatoms. The van der Waals surface area contributed by atoms with Crippen LogP contribution in [0.25, 0.3) is 0 Å². The Morgan fingerprint density at radius 2 is 2.42 bits per heavy atom. The van der Waals surface area contributed by atoms with Gasteiger partial charge in [0.1, 0.15) is 5.76 Å². The second-order valence-corrected chi connectivity index (χ2v) is 3.30. The molecular weight excluding hydrogens is 180 g/mol. The largest absolute Gasteiger partial charge is 0.481 e. The number of rotatable bonds is 2. The molecule has 2 unspecified atom stereocenters. The van der Waals surface area contributed by atoms with Crippen molar-refractivity contribution in [3.05, 3.63) is 23.1 Å². The normalized spacial score (nSPS) is 27.1. The van der Waals surface area contributed by atoms with E-state index in [1.165, 1.54) is 0 Å². The second-order valence-electron chi connectivity index (χ2n) is 2.93. The van der Waals surface area contributed by atoms with Crippen molar-refractivity contribution in [3.63, 3.8) is 0 Å². The molecule has 0 bridgehead atoms. The van der Waals surface area contributed by atoms with Gasteiger partial charge in [0, 0.05) is 5.92 Å². The number of hydrogen-bond acceptors (Lipinski definition) is 2. The highest BCUT2D eigenvalue weighted by Gasteiger charge is 2.46. The van der Waals surface area contributed by atoms with Crippen LogP contribution in [0.3, 0.4) is 0 Å². The van der Waals surface area contributed by atoms with Gasteiger partial charge in [0.25, 0.3) is 0 Å². The van der Waals surface area contributed by atoms with Gasteiger partial charge in [-0.15, -0.1) is 0 Å². The lowest BCUT2D eigenvalue weighted by Crippen LogP contribution is -1.98. The molecule has 3 nitrogen and oxygen atoms in total. The molecule has 1 heterocycles. The highest BCUT2D eigenvalue weighted by Crippen LogP contribution is 2.48. The summed E-state index contributed by atoms with van der Waals surface area (Å²) in [5.74, 6) is -0.304. The van der Waals surface area contributed by atoms with E-state index in [2.05, 4.69) is 0 Å². The lowest BCUT2D eigenvalue weighted by atomic mass is 10.2. The number of hydrogen-bond donors (Lipinski definition) is 1. The molecule has 0 aromatic carbocycles. The molecule has 12 heavy (non-hydrogen) atoms. The van der Waals surface area contributed by atoms with E-state index < -0.39 is 5.97 Å². The van der Waals surface area contributed by atoms with Gasteiger partial charge in [-0.25, -0.2) is 0 Å². The van der Waals surface area contributed by atoms with Gasteiger partial charge in [-0.2, -0.15) is 0 Å². The Bertz CT molecular complexity index is 318. The molecule has 1 aliphatic rings. The molecule has 2 atom stereocenters. The predicted octanol–water partition coefficient (Wildman–Crippen LogP) is 2.12. The second kappa shape index (κ2) is 2.52. The summed E-state index contributed by atoms with van der Waals surface area (Å²) in [6.07, 6.45) is 0.666. The lowest BCUT2D eigenvalue weighted by Gasteiger charge is -1.89. The van der Waals surface area contributed by atoms with Crippen molar-refractivity contribution in [1.29, 1.82) is 0 Å². The monoisotopic (exact) mass is 186 g/mol. The Labute approximate surface area is 73.9 Å². The number of carbonyl (C=O) groups is 1. The van der Waals surface area contributed by atoms with Crippen molar-refractivity contribution in [1.82, 2.24) is 0 Å². The minimum absolute atomic E-state index is 0.0370. The van der Waals surface area contributed by atoms with Gasteiger partial charge in [0.2, 0.25) is 0 Å². The highest BCUT2D eigenvalue weighted by atomic mass is 35.5. The lowest BCUT2D eigenvalue weighted by molar-refractivity contribution is -0.138. The Morgan fingerprint density at radius 1 is 1.67 bits per heavy atom. The van der Waals surface area contributed by atoms with Crippen LogP contribution in [0, 0.1) is 5.92 Å². The zero-order chi connectivity index (χ0) is 8.72. The smallest absolute Gasteiger partial charge is 0.307 e. The molecule has 1 saturated carbocycles. The summed E-state index contributed by atoms with van der Waals surface area (Å²) >= 11 is 5.55. The van der Waals surface area contributed by atoms with Crippen LogP contribution in [-0.4, -0.2) is 11.1 Å². The van der Waals surface area contributed by atoms with E-state index >= 15 is 0 Å². The van der Waals surface area contributed by atoms with Gasteiger partial charge in [-0.1, -0.05) is 0 Å². The summed E-state index contributed by atoms with van der Waals surface area (Å²) in [5, 5.41) is 8.94. The van der Waals surface area contributed by atoms with Crippen LogP contribution < -0.4 is 0 Å². The summed E-state index contributed by atoms with van der Waals surface area (Å²) in [5.41, 5.74) is 0. The molecule has 0 radical (unpaired) electrons. The average Bonchev–Trinajstić information content (AvgIpc) is 2.70. The van der Waals surface area contributed by atoms with Crippen LogP contribution in [0.2, 0.25) is 5.22 Å². The zero-order valence-corrected chi connectivity index (χ0v) is 6.91. The molecule has 0 amide bonds. The fourth-order valence-electron chi connectivity index (χ4n) is 1.31. The van der Waals surface area contributed by atoms with Crippen molar-refractivity contribution in [2.24, 2.45) is 5.92 Å². The van der Waals surface area contributed by atoms with Crippen molar-refractivity contribution in [3.8, 4) is 0 Å². The van der Waals surface area contributed by atoms with Crippen molar-refractivity contribution in [2.75, 3.05) is 0 Å². The first-order valence-electron chi connectivity index (χ1n) is 3.66. The van der Waals surface area contributed by atoms with Crippen LogP contribution >= 0.6 is 11.6 Å². The quantitative estimate of drug-likeness (QED) is 0.770. The van der Waals surface area contributed by atoms with E-state index in [9.17, 15) is 4.79 Å². The van der Waals surface area contributed by atoms with E-state index in [4.69, 9.17) is 21.1 Å². The highest BCUT2D eigenvalue weighted by molar-refractivity contribution is 6.28. The summed E-state index contributed by atoms with van der Waals surface area (Å²) in [4.78, 5) is 10.5. The molecule has 1 aromatic rings. The van der Waals surface area contributed by atoms with E-state index in [1.807, 2.05) is 0 Å². The molecule has 1 aromatic heterocycles. The van der Waals surface area contributed by atoms with Crippen LogP contribution in [0.5, 0.6) is 0 Å². The predicted molar refractivity (Wildman–Crippen MR) is 42.2 cm³/mol. The van der Waals surface area contributed by atoms with Crippen molar-refractivity contribution in [2.45, 2.75) is 12.3 Å². The molecule has 0 spiro atoms. The number of furan rings is 1. The summed E-state index contributed by atoms with van der Waals surface area (Å²) in [6.45, 7) is 0. The third-order valence-corrected chi connectivity index (χ3v) is 2.27. The first-order chi connectivity index (χ1) is 5.68. The molecule has 1 N–H and O–H groups in total. The van der Waals surface area contributed by atoms with E-state index in [0.717, 1.165) is 0 Å². The Morgan fingerprint density at radius 3 is 2.83 bits per heavy atom. The fraction of sp³-hybridized carbons (Fsp3) is 0.375. The number of carboxylic acids is 1. The minimum Gasteiger partial charge on any atom is -0.481 e. The molecule has 1 aliphatic carbocycles. The van der Waals surface area contributed by atoms with E-state index in [1.54, 1.807) is 12.1 Å². The maximum Gasteiger partial charge on any atom is 0.307 e. The molecule has 64 valence electrons. The van der Waals surface area contributed by atoms with Gasteiger partial charge in [-0.05, 0) is 30.2 Å². The zero-order valence-electron chi connectivity index (χ0n) is 6.16. The van der Waals surface area contributed by atoms with Gasteiger partial charge in [-0.3, -0.25) is 4.79 Å². The SMILES string of the molecule is O=C(O)C1CC1c1ccc(Cl)o1. The Hall–Kier alpha value is -0.960.